The SMILES string of the molecule is CC1CCN(C(=O)CC2CCCCO2)C1CO. The minimum Gasteiger partial charge on any atom is -0.394 e. The highest BCUT2D eigenvalue weighted by Gasteiger charge is 2.34. The van der Waals surface area contributed by atoms with Crippen molar-refractivity contribution in [3.05, 3.63) is 0 Å². The number of likely N-dealkylation sites (tertiary alicyclic amines) is 1. The highest BCUT2D eigenvalue weighted by molar-refractivity contribution is 5.77. The predicted molar refractivity (Wildman–Crippen MR) is 64.6 cm³/mol. The number of rotatable bonds is 3. The van der Waals surface area contributed by atoms with Gasteiger partial charge in [-0.15, -0.1) is 0 Å². The number of amides is 1. The predicted octanol–water partition coefficient (Wildman–Crippen LogP) is 1.17. The second kappa shape index (κ2) is 5.83. The minimum atomic E-state index is 0.0195. The molecule has 0 spiro atoms. The van der Waals surface area contributed by atoms with Crippen molar-refractivity contribution in [2.45, 2.75) is 51.2 Å². The monoisotopic (exact) mass is 241 g/mol. The van der Waals surface area contributed by atoms with Crippen LogP contribution in [0.5, 0.6) is 0 Å². The van der Waals surface area contributed by atoms with E-state index >= 15 is 0 Å². The van der Waals surface area contributed by atoms with Crippen LogP contribution >= 0.6 is 0 Å². The summed E-state index contributed by atoms with van der Waals surface area (Å²) >= 11 is 0. The van der Waals surface area contributed by atoms with Gasteiger partial charge >= 0.3 is 0 Å². The van der Waals surface area contributed by atoms with Crippen LogP contribution in [0.3, 0.4) is 0 Å². The number of nitrogens with zero attached hydrogens (tertiary/aromatic N) is 1. The number of hydrogen-bond donors (Lipinski definition) is 1. The molecule has 2 aliphatic heterocycles. The zero-order valence-electron chi connectivity index (χ0n) is 10.6. The van der Waals surface area contributed by atoms with Gasteiger partial charge in [-0.3, -0.25) is 4.79 Å². The van der Waals surface area contributed by atoms with Gasteiger partial charge in [0.2, 0.25) is 5.91 Å². The Bertz CT molecular complexity index is 263. The number of hydrogen-bond acceptors (Lipinski definition) is 3. The standard InChI is InChI=1S/C13H23NO3/c1-10-5-6-14(12(10)9-15)13(16)8-11-4-2-3-7-17-11/h10-12,15H,2-9H2,1H3. The summed E-state index contributed by atoms with van der Waals surface area (Å²) in [5.41, 5.74) is 0. The minimum absolute atomic E-state index is 0.0195. The van der Waals surface area contributed by atoms with Crippen molar-refractivity contribution in [1.82, 2.24) is 4.90 Å². The first-order chi connectivity index (χ1) is 8.22. The van der Waals surface area contributed by atoms with E-state index in [9.17, 15) is 9.90 Å². The molecule has 17 heavy (non-hydrogen) atoms. The lowest BCUT2D eigenvalue weighted by molar-refractivity contribution is -0.137. The van der Waals surface area contributed by atoms with Crippen LogP contribution in [0.15, 0.2) is 0 Å². The molecule has 3 atom stereocenters. The van der Waals surface area contributed by atoms with Crippen LogP contribution < -0.4 is 0 Å². The largest absolute Gasteiger partial charge is 0.394 e. The first kappa shape index (κ1) is 12.8. The van der Waals surface area contributed by atoms with E-state index in [1.807, 2.05) is 4.90 Å². The lowest BCUT2D eigenvalue weighted by Gasteiger charge is -2.28. The Morgan fingerprint density at radius 3 is 2.88 bits per heavy atom. The second-order valence-corrected chi connectivity index (χ2v) is 5.30. The van der Waals surface area contributed by atoms with E-state index in [4.69, 9.17) is 4.74 Å². The van der Waals surface area contributed by atoms with Crippen molar-refractivity contribution >= 4 is 5.91 Å². The van der Waals surface area contributed by atoms with Gasteiger partial charge < -0.3 is 14.7 Å². The Morgan fingerprint density at radius 1 is 1.41 bits per heavy atom. The molecular formula is C13H23NO3. The highest BCUT2D eigenvalue weighted by Crippen LogP contribution is 2.25. The van der Waals surface area contributed by atoms with Crippen molar-refractivity contribution in [2.75, 3.05) is 19.8 Å². The lowest BCUT2D eigenvalue weighted by Crippen LogP contribution is -2.41. The van der Waals surface area contributed by atoms with Gasteiger partial charge in [-0.25, -0.2) is 0 Å². The second-order valence-electron chi connectivity index (χ2n) is 5.30. The van der Waals surface area contributed by atoms with Crippen LogP contribution in [-0.4, -0.2) is 47.8 Å². The fraction of sp³-hybridized carbons (Fsp3) is 0.923. The smallest absolute Gasteiger partial charge is 0.225 e. The van der Waals surface area contributed by atoms with Gasteiger partial charge in [0.25, 0.3) is 0 Å². The Morgan fingerprint density at radius 2 is 2.24 bits per heavy atom. The van der Waals surface area contributed by atoms with E-state index in [2.05, 4.69) is 6.92 Å². The van der Waals surface area contributed by atoms with Gasteiger partial charge in [-0.05, 0) is 31.6 Å². The average Bonchev–Trinajstić information content (AvgIpc) is 2.71. The first-order valence-electron chi connectivity index (χ1n) is 6.74. The summed E-state index contributed by atoms with van der Waals surface area (Å²) in [6, 6.07) is 0.0195. The Kier molecular flexibility index (Phi) is 4.40. The Hall–Kier alpha value is -0.610. The topological polar surface area (TPSA) is 49.8 Å². The fourth-order valence-electron chi connectivity index (χ4n) is 2.88. The maximum Gasteiger partial charge on any atom is 0.225 e. The number of aliphatic hydroxyl groups is 1. The third-order valence-electron chi connectivity index (χ3n) is 4.07. The van der Waals surface area contributed by atoms with Crippen molar-refractivity contribution in [3.63, 3.8) is 0 Å². The molecule has 0 saturated carbocycles. The van der Waals surface area contributed by atoms with Crippen molar-refractivity contribution in [2.24, 2.45) is 5.92 Å². The number of aliphatic hydroxyl groups excluding tert-OH is 1. The van der Waals surface area contributed by atoms with Gasteiger partial charge in [0.05, 0.1) is 25.2 Å². The van der Waals surface area contributed by atoms with Crippen molar-refractivity contribution in [3.8, 4) is 0 Å². The van der Waals surface area contributed by atoms with Gasteiger partial charge in [0, 0.05) is 13.2 Å². The van der Waals surface area contributed by atoms with E-state index in [-0.39, 0.29) is 24.7 Å². The number of carbonyl (C=O) groups is 1. The van der Waals surface area contributed by atoms with Crippen molar-refractivity contribution in [1.29, 1.82) is 0 Å². The third-order valence-corrected chi connectivity index (χ3v) is 4.07. The fourth-order valence-corrected chi connectivity index (χ4v) is 2.88. The summed E-state index contributed by atoms with van der Waals surface area (Å²) in [6.07, 6.45) is 4.87. The summed E-state index contributed by atoms with van der Waals surface area (Å²) in [7, 11) is 0. The summed E-state index contributed by atoms with van der Waals surface area (Å²) in [5, 5.41) is 9.34. The van der Waals surface area contributed by atoms with E-state index < -0.39 is 0 Å². The third kappa shape index (κ3) is 2.99. The van der Waals surface area contributed by atoms with E-state index in [0.29, 0.717) is 12.3 Å². The maximum absolute atomic E-state index is 12.2. The molecule has 0 aromatic heterocycles. The molecular weight excluding hydrogens is 218 g/mol. The maximum atomic E-state index is 12.2. The normalized spacial score (nSPS) is 34.0. The van der Waals surface area contributed by atoms with Gasteiger partial charge in [0.1, 0.15) is 0 Å². The van der Waals surface area contributed by atoms with Gasteiger partial charge in [-0.1, -0.05) is 6.92 Å². The number of carbonyl (C=O) groups excluding carboxylic acids is 1. The summed E-state index contributed by atoms with van der Waals surface area (Å²) < 4.78 is 5.59. The molecule has 2 saturated heterocycles. The molecule has 4 nitrogen and oxygen atoms in total. The molecule has 2 rings (SSSR count). The van der Waals surface area contributed by atoms with Crippen molar-refractivity contribution < 1.29 is 14.6 Å². The Balaban J connectivity index is 1.86. The molecule has 0 aromatic carbocycles. The molecule has 0 bridgehead atoms. The van der Waals surface area contributed by atoms with Crippen LogP contribution in [0, 0.1) is 5.92 Å². The summed E-state index contributed by atoms with van der Waals surface area (Å²) in [4.78, 5) is 14.0. The summed E-state index contributed by atoms with van der Waals surface area (Å²) in [6.45, 7) is 3.76. The van der Waals surface area contributed by atoms with E-state index in [1.165, 1.54) is 0 Å². The quantitative estimate of drug-likeness (QED) is 0.807. The molecule has 0 radical (unpaired) electrons. The van der Waals surface area contributed by atoms with Gasteiger partial charge in [-0.2, -0.15) is 0 Å². The van der Waals surface area contributed by atoms with E-state index in [0.717, 1.165) is 38.8 Å². The molecule has 2 heterocycles. The molecule has 2 fully saturated rings. The molecule has 1 N–H and O–H groups in total. The van der Waals surface area contributed by atoms with Gasteiger partial charge in [0.15, 0.2) is 0 Å². The molecule has 4 heteroatoms. The highest BCUT2D eigenvalue weighted by atomic mass is 16.5. The molecule has 2 aliphatic rings. The van der Waals surface area contributed by atoms with Crippen LogP contribution in [0.4, 0.5) is 0 Å². The zero-order chi connectivity index (χ0) is 12.3. The van der Waals surface area contributed by atoms with Crippen LogP contribution in [0.1, 0.15) is 39.0 Å². The molecule has 1 amide bonds. The average molecular weight is 241 g/mol. The number of ether oxygens (including phenoxy) is 1. The van der Waals surface area contributed by atoms with Crippen LogP contribution in [0.25, 0.3) is 0 Å². The molecule has 98 valence electrons. The van der Waals surface area contributed by atoms with Crippen LogP contribution in [-0.2, 0) is 9.53 Å². The molecule has 0 aromatic rings. The Labute approximate surface area is 103 Å². The van der Waals surface area contributed by atoms with Crippen LogP contribution in [0.2, 0.25) is 0 Å². The molecule has 0 aliphatic carbocycles. The first-order valence-corrected chi connectivity index (χ1v) is 6.74. The molecule has 3 unspecified atom stereocenters. The summed E-state index contributed by atoms with van der Waals surface area (Å²) in [5.74, 6) is 0.566. The zero-order valence-corrected chi connectivity index (χ0v) is 10.6. The lowest BCUT2D eigenvalue weighted by atomic mass is 10.0. The van der Waals surface area contributed by atoms with E-state index in [1.54, 1.807) is 0 Å².